The topological polar surface area (TPSA) is 112 Å². The standard InChI is InChI=1S/C33H26BrI2N3O6S/c1-5-44-32(41)28-17(2)38-33-39(29(28)22-13-25(42-3)26(43-4)14-23(22)34)31(40)27(46-33)11-20-10-21(35)12-24(36)30(20)45-16-19-8-6-18(15-37)7-9-19/h6-14,29H,5,16H2,1-4H3/b27-11-/t29-/m1/s1. The first-order valence-electron chi connectivity index (χ1n) is 13.8. The minimum Gasteiger partial charge on any atom is -0.493 e. The first-order chi connectivity index (χ1) is 22.1. The summed E-state index contributed by atoms with van der Waals surface area (Å²) in [4.78, 5) is 32.8. The van der Waals surface area contributed by atoms with Gasteiger partial charge in [0.2, 0.25) is 0 Å². The van der Waals surface area contributed by atoms with Crippen molar-refractivity contribution in [2.45, 2.75) is 26.5 Å². The van der Waals surface area contributed by atoms with Crippen molar-refractivity contribution in [2.75, 3.05) is 20.8 Å². The molecule has 3 aromatic carbocycles. The van der Waals surface area contributed by atoms with E-state index in [1.807, 2.05) is 24.3 Å². The molecule has 0 radical (unpaired) electrons. The van der Waals surface area contributed by atoms with Gasteiger partial charge in [-0.3, -0.25) is 9.36 Å². The van der Waals surface area contributed by atoms with E-state index >= 15 is 0 Å². The van der Waals surface area contributed by atoms with Crippen molar-refractivity contribution in [1.29, 1.82) is 5.26 Å². The molecule has 0 amide bonds. The molecule has 0 saturated heterocycles. The molecule has 5 rings (SSSR count). The van der Waals surface area contributed by atoms with E-state index in [1.54, 1.807) is 44.2 Å². The number of allylic oxidation sites excluding steroid dienone is 1. The normalized spacial score (nSPS) is 14.3. The summed E-state index contributed by atoms with van der Waals surface area (Å²) >= 11 is 9.32. The summed E-state index contributed by atoms with van der Waals surface area (Å²) in [6, 6.07) is 15.9. The van der Waals surface area contributed by atoms with E-state index in [2.05, 4.69) is 67.2 Å². The number of nitriles is 1. The zero-order valence-electron chi connectivity index (χ0n) is 25.0. The maximum absolute atomic E-state index is 14.3. The minimum absolute atomic E-state index is 0.163. The first kappa shape index (κ1) is 34.1. The summed E-state index contributed by atoms with van der Waals surface area (Å²) in [6.45, 7) is 3.91. The summed E-state index contributed by atoms with van der Waals surface area (Å²) in [5, 5.41) is 9.12. The molecule has 1 aliphatic rings. The Morgan fingerprint density at radius 2 is 1.83 bits per heavy atom. The largest absolute Gasteiger partial charge is 0.493 e. The smallest absolute Gasteiger partial charge is 0.338 e. The Morgan fingerprint density at radius 3 is 2.48 bits per heavy atom. The second kappa shape index (κ2) is 14.7. The highest BCUT2D eigenvalue weighted by atomic mass is 127. The predicted molar refractivity (Wildman–Crippen MR) is 195 cm³/mol. The van der Waals surface area contributed by atoms with Crippen LogP contribution in [0.4, 0.5) is 0 Å². The van der Waals surface area contributed by atoms with Crippen LogP contribution in [0.2, 0.25) is 0 Å². The van der Waals surface area contributed by atoms with Gasteiger partial charge in [0.25, 0.3) is 5.56 Å². The summed E-state index contributed by atoms with van der Waals surface area (Å²) in [5.74, 6) is 0.998. The summed E-state index contributed by atoms with van der Waals surface area (Å²) in [6.07, 6.45) is 1.80. The third-order valence-corrected chi connectivity index (χ3v) is 10.2. The van der Waals surface area contributed by atoms with E-state index in [1.165, 1.54) is 30.1 Å². The number of hydrogen-bond acceptors (Lipinski definition) is 9. The van der Waals surface area contributed by atoms with E-state index in [-0.39, 0.29) is 24.3 Å². The Balaban J connectivity index is 1.67. The zero-order chi connectivity index (χ0) is 33.1. The quantitative estimate of drug-likeness (QED) is 0.145. The molecule has 0 fully saturated rings. The van der Waals surface area contributed by atoms with Crippen LogP contribution in [-0.2, 0) is 16.1 Å². The van der Waals surface area contributed by atoms with Gasteiger partial charge in [-0.1, -0.05) is 39.4 Å². The number of carbonyl (C=O) groups is 1. The lowest BCUT2D eigenvalue weighted by atomic mass is 9.95. The molecule has 0 N–H and O–H groups in total. The summed E-state index contributed by atoms with van der Waals surface area (Å²) in [7, 11) is 3.06. The number of rotatable bonds is 9. The van der Waals surface area contributed by atoms with Crippen molar-refractivity contribution in [1.82, 2.24) is 4.57 Å². The van der Waals surface area contributed by atoms with E-state index in [9.17, 15) is 9.59 Å². The Hall–Kier alpha value is -3.20. The first-order valence-corrected chi connectivity index (χ1v) is 17.6. The van der Waals surface area contributed by atoms with Crippen LogP contribution in [0.1, 0.15) is 42.1 Å². The van der Waals surface area contributed by atoms with Gasteiger partial charge < -0.3 is 18.9 Å². The molecule has 0 saturated carbocycles. The van der Waals surface area contributed by atoms with Gasteiger partial charge in [-0.15, -0.1) is 0 Å². The number of hydrogen-bond donors (Lipinski definition) is 0. The summed E-state index contributed by atoms with van der Waals surface area (Å²) < 4.78 is 27.2. The molecular weight excluding hydrogens is 900 g/mol. The highest BCUT2D eigenvalue weighted by molar-refractivity contribution is 14.1. The average Bonchev–Trinajstić information content (AvgIpc) is 3.33. The second-order valence-electron chi connectivity index (χ2n) is 9.93. The lowest BCUT2D eigenvalue weighted by molar-refractivity contribution is -0.139. The molecule has 9 nitrogen and oxygen atoms in total. The van der Waals surface area contributed by atoms with Crippen molar-refractivity contribution in [3.8, 4) is 23.3 Å². The number of nitrogens with zero attached hydrogens (tertiary/aromatic N) is 3. The number of fused-ring (bicyclic) bond motifs is 1. The van der Waals surface area contributed by atoms with Gasteiger partial charge in [-0.25, -0.2) is 9.79 Å². The molecule has 46 heavy (non-hydrogen) atoms. The fraction of sp³-hybridized carbons (Fsp3) is 0.212. The number of halogens is 3. The van der Waals surface area contributed by atoms with Gasteiger partial charge in [0, 0.05) is 13.6 Å². The van der Waals surface area contributed by atoms with Crippen LogP contribution < -0.4 is 29.1 Å². The molecule has 1 aliphatic heterocycles. The van der Waals surface area contributed by atoms with Crippen LogP contribution in [-0.4, -0.2) is 31.4 Å². The molecule has 0 aliphatic carbocycles. The number of benzene rings is 3. The second-order valence-corrected chi connectivity index (χ2v) is 14.2. The van der Waals surface area contributed by atoms with Gasteiger partial charge in [0.1, 0.15) is 12.4 Å². The molecule has 4 aromatic rings. The molecule has 2 heterocycles. The van der Waals surface area contributed by atoms with Gasteiger partial charge >= 0.3 is 5.97 Å². The van der Waals surface area contributed by atoms with E-state index in [0.29, 0.717) is 47.9 Å². The molecule has 0 unspecified atom stereocenters. The fourth-order valence-electron chi connectivity index (χ4n) is 4.98. The van der Waals surface area contributed by atoms with Crippen molar-refractivity contribution < 1.29 is 23.7 Å². The van der Waals surface area contributed by atoms with E-state index in [0.717, 1.165) is 18.3 Å². The maximum Gasteiger partial charge on any atom is 0.338 e. The average molecular weight is 926 g/mol. The van der Waals surface area contributed by atoms with Gasteiger partial charge in [-0.2, -0.15) is 5.26 Å². The number of aromatic nitrogens is 1. The Labute approximate surface area is 304 Å². The number of methoxy groups -OCH3 is 2. The van der Waals surface area contributed by atoms with Crippen LogP contribution in [0.5, 0.6) is 17.2 Å². The van der Waals surface area contributed by atoms with Crippen molar-refractivity contribution in [3.05, 3.63) is 113 Å². The molecule has 1 aromatic heterocycles. The molecular formula is C33H26BrI2N3O6S. The lowest BCUT2D eigenvalue weighted by Crippen LogP contribution is -2.40. The third-order valence-electron chi connectivity index (χ3n) is 7.10. The highest BCUT2D eigenvalue weighted by Crippen LogP contribution is 2.41. The number of esters is 1. The summed E-state index contributed by atoms with van der Waals surface area (Å²) in [5.41, 5.74) is 3.19. The van der Waals surface area contributed by atoms with Crippen molar-refractivity contribution >= 4 is 84.5 Å². The highest BCUT2D eigenvalue weighted by Gasteiger charge is 2.35. The van der Waals surface area contributed by atoms with Gasteiger partial charge in [0.15, 0.2) is 16.3 Å². The van der Waals surface area contributed by atoms with Crippen LogP contribution in [0.15, 0.2) is 74.1 Å². The van der Waals surface area contributed by atoms with Crippen molar-refractivity contribution in [3.63, 3.8) is 0 Å². The van der Waals surface area contributed by atoms with Crippen molar-refractivity contribution in [2.24, 2.45) is 4.99 Å². The predicted octanol–water partition coefficient (Wildman–Crippen LogP) is 6.24. The third kappa shape index (κ3) is 6.90. The van der Waals surface area contributed by atoms with E-state index < -0.39 is 12.0 Å². The van der Waals surface area contributed by atoms with Crippen LogP contribution in [0.25, 0.3) is 6.08 Å². The Bertz CT molecular complexity index is 2100. The van der Waals surface area contributed by atoms with Crippen LogP contribution >= 0.6 is 72.4 Å². The molecule has 236 valence electrons. The van der Waals surface area contributed by atoms with Gasteiger partial charge in [0.05, 0.1) is 57.9 Å². The zero-order valence-corrected chi connectivity index (χ0v) is 31.7. The lowest BCUT2D eigenvalue weighted by Gasteiger charge is -2.26. The molecule has 0 spiro atoms. The SMILES string of the molecule is CCOC(=O)C1=C(C)N=c2s/c(=C\c3cc(I)cc(I)c3OCc3ccc(C#N)cc3)c(=O)n2[C@@H]1c1cc(OC)c(OC)cc1Br. The number of ether oxygens (including phenoxy) is 4. The number of carbonyl (C=O) groups excluding carboxylic acids is 1. The van der Waals surface area contributed by atoms with E-state index in [4.69, 9.17) is 29.2 Å². The monoisotopic (exact) mass is 925 g/mol. The Kier molecular flexibility index (Phi) is 10.9. The van der Waals surface area contributed by atoms with Crippen LogP contribution in [0.3, 0.4) is 0 Å². The van der Waals surface area contributed by atoms with Crippen LogP contribution in [0, 0.1) is 18.5 Å². The van der Waals surface area contributed by atoms with Gasteiger partial charge in [-0.05, 0) is 113 Å². The fourth-order valence-corrected chi connectivity index (χ4v) is 8.60. The molecule has 0 bridgehead atoms. The molecule has 13 heteroatoms. The Morgan fingerprint density at radius 1 is 1.13 bits per heavy atom. The minimum atomic E-state index is -0.852. The number of thiazole rings is 1. The maximum atomic E-state index is 14.3. The molecule has 1 atom stereocenters.